The SMILES string of the molecule is COc1ccc(C(=O)N[C@@H](C)Cc2cc3ccccc3o2)cc1F. The molecule has 0 saturated carbocycles. The molecule has 3 rings (SSSR count). The van der Waals surface area contributed by atoms with Gasteiger partial charge in [0, 0.05) is 23.4 Å². The summed E-state index contributed by atoms with van der Waals surface area (Å²) >= 11 is 0. The first kappa shape index (κ1) is 16.1. The van der Waals surface area contributed by atoms with Gasteiger partial charge >= 0.3 is 0 Å². The van der Waals surface area contributed by atoms with Crippen LogP contribution in [0.4, 0.5) is 4.39 Å². The van der Waals surface area contributed by atoms with Crippen molar-refractivity contribution >= 4 is 16.9 Å². The number of fused-ring (bicyclic) bond motifs is 1. The number of hydrogen-bond acceptors (Lipinski definition) is 3. The smallest absolute Gasteiger partial charge is 0.251 e. The zero-order valence-corrected chi connectivity index (χ0v) is 13.5. The van der Waals surface area contributed by atoms with Gasteiger partial charge in [-0.2, -0.15) is 0 Å². The van der Waals surface area contributed by atoms with Crippen LogP contribution in [0.5, 0.6) is 5.75 Å². The van der Waals surface area contributed by atoms with Crippen molar-refractivity contribution in [2.75, 3.05) is 7.11 Å². The molecule has 124 valence electrons. The topological polar surface area (TPSA) is 51.5 Å². The second-order valence-corrected chi connectivity index (χ2v) is 5.68. The third-order valence-corrected chi connectivity index (χ3v) is 3.78. The maximum atomic E-state index is 13.7. The Kier molecular flexibility index (Phi) is 4.51. The molecule has 1 atom stereocenters. The summed E-state index contributed by atoms with van der Waals surface area (Å²) in [6.45, 7) is 1.88. The average Bonchev–Trinajstić information content (AvgIpc) is 2.96. The van der Waals surface area contributed by atoms with E-state index in [0.29, 0.717) is 6.42 Å². The molecule has 0 bridgehead atoms. The summed E-state index contributed by atoms with van der Waals surface area (Å²) < 4.78 is 24.3. The minimum absolute atomic E-state index is 0.113. The van der Waals surface area contributed by atoms with Gasteiger partial charge in [-0.05, 0) is 37.3 Å². The molecule has 1 amide bonds. The first-order chi connectivity index (χ1) is 11.6. The van der Waals surface area contributed by atoms with Gasteiger partial charge in [-0.1, -0.05) is 18.2 Å². The Labute approximate surface area is 139 Å². The van der Waals surface area contributed by atoms with Gasteiger partial charge in [-0.3, -0.25) is 4.79 Å². The lowest BCUT2D eigenvalue weighted by atomic mass is 10.1. The van der Waals surface area contributed by atoms with E-state index >= 15 is 0 Å². The fourth-order valence-corrected chi connectivity index (χ4v) is 2.61. The van der Waals surface area contributed by atoms with Crippen LogP contribution in [0.1, 0.15) is 23.0 Å². The number of amides is 1. The van der Waals surface area contributed by atoms with Crippen molar-refractivity contribution in [3.8, 4) is 5.75 Å². The number of para-hydroxylation sites is 1. The predicted octanol–water partition coefficient (Wildman–Crippen LogP) is 3.94. The lowest BCUT2D eigenvalue weighted by Crippen LogP contribution is -2.34. The number of ether oxygens (including phenoxy) is 1. The van der Waals surface area contributed by atoms with Crippen molar-refractivity contribution in [3.05, 3.63) is 65.7 Å². The molecular formula is C19H18FNO3. The van der Waals surface area contributed by atoms with E-state index in [-0.39, 0.29) is 23.3 Å². The van der Waals surface area contributed by atoms with Crippen LogP contribution in [0, 0.1) is 5.82 Å². The summed E-state index contributed by atoms with van der Waals surface area (Å²) in [6, 6.07) is 13.7. The fraction of sp³-hybridized carbons (Fsp3) is 0.211. The third-order valence-electron chi connectivity index (χ3n) is 3.78. The summed E-state index contributed by atoms with van der Waals surface area (Å²) in [7, 11) is 1.38. The second kappa shape index (κ2) is 6.74. The highest BCUT2D eigenvalue weighted by molar-refractivity contribution is 5.94. The minimum Gasteiger partial charge on any atom is -0.494 e. The largest absolute Gasteiger partial charge is 0.494 e. The molecule has 24 heavy (non-hydrogen) atoms. The first-order valence-corrected chi connectivity index (χ1v) is 7.68. The van der Waals surface area contributed by atoms with Gasteiger partial charge < -0.3 is 14.5 Å². The Bertz CT molecular complexity index is 839. The van der Waals surface area contributed by atoms with Crippen molar-refractivity contribution in [3.63, 3.8) is 0 Å². The van der Waals surface area contributed by atoms with Crippen LogP contribution < -0.4 is 10.1 Å². The maximum Gasteiger partial charge on any atom is 0.251 e. The van der Waals surface area contributed by atoms with Gasteiger partial charge in [-0.15, -0.1) is 0 Å². The van der Waals surface area contributed by atoms with Crippen LogP contribution in [-0.2, 0) is 6.42 Å². The van der Waals surface area contributed by atoms with Gasteiger partial charge in [0.25, 0.3) is 5.91 Å². The molecule has 0 unspecified atom stereocenters. The van der Waals surface area contributed by atoms with E-state index in [0.717, 1.165) is 16.7 Å². The van der Waals surface area contributed by atoms with Crippen LogP contribution in [0.3, 0.4) is 0 Å². The Morgan fingerprint density at radius 1 is 1.25 bits per heavy atom. The fourth-order valence-electron chi connectivity index (χ4n) is 2.61. The van der Waals surface area contributed by atoms with Gasteiger partial charge in [0.2, 0.25) is 0 Å². The summed E-state index contributed by atoms with van der Waals surface area (Å²) in [4.78, 5) is 12.2. The highest BCUT2D eigenvalue weighted by Gasteiger charge is 2.14. The average molecular weight is 327 g/mol. The molecule has 1 heterocycles. The number of nitrogens with one attached hydrogen (secondary N) is 1. The van der Waals surface area contributed by atoms with E-state index in [9.17, 15) is 9.18 Å². The zero-order chi connectivity index (χ0) is 17.1. The third kappa shape index (κ3) is 3.40. The second-order valence-electron chi connectivity index (χ2n) is 5.68. The van der Waals surface area contributed by atoms with Crippen molar-refractivity contribution in [1.82, 2.24) is 5.32 Å². The van der Waals surface area contributed by atoms with Gasteiger partial charge in [0.15, 0.2) is 11.6 Å². The summed E-state index contributed by atoms with van der Waals surface area (Å²) in [5.74, 6) is 0.0158. The monoisotopic (exact) mass is 327 g/mol. The maximum absolute atomic E-state index is 13.7. The highest BCUT2D eigenvalue weighted by atomic mass is 19.1. The molecule has 0 aliphatic rings. The molecule has 0 radical (unpaired) electrons. The molecule has 0 fully saturated rings. The Hall–Kier alpha value is -2.82. The van der Waals surface area contributed by atoms with E-state index in [2.05, 4.69) is 5.32 Å². The molecule has 4 nitrogen and oxygen atoms in total. The van der Waals surface area contributed by atoms with Gasteiger partial charge in [-0.25, -0.2) is 4.39 Å². The number of methoxy groups -OCH3 is 1. The standard InChI is InChI=1S/C19H18FNO3/c1-12(9-15-10-13-5-3-4-6-17(13)24-15)21-19(22)14-7-8-18(23-2)16(20)11-14/h3-8,10-12H,9H2,1-2H3,(H,21,22)/t12-/m0/s1. The van der Waals surface area contributed by atoms with Crippen LogP contribution in [0.25, 0.3) is 11.0 Å². The van der Waals surface area contributed by atoms with Crippen LogP contribution in [0.2, 0.25) is 0 Å². The molecule has 0 aliphatic carbocycles. The zero-order valence-electron chi connectivity index (χ0n) is 13.5. The number of hydrogen-bond donors (Lipinski definition) is 1. The van der Waals surface area contributed by atoms with Crippen LogP contribution >= 0.6 is 0 Å². The highest BCUT2D eigenvalue weighted by Crippen LogP contribution is 2.20. The molecule has 0 saturated heterocycles. The van der Waals surface area contributed by atoms with E-state index in [1.54, 1.807) is 0 Å². The summed E-state index contributed by atoms with van der Waals surface area (Å²) in [6.07, 6.45) is 0.555. The number of halogens is 1. The molecule has 1 N–H and O–H groups in total. The van der Waals surface area contributed by atoms with E-state index in [1.807, 2.05) is 37.3 Å². The normalized spacial score (nSPS) is 12.1. The van der Waals surface area contributed by atoms with E-state index in [4.69, 9.17) is 9.15 Å². The number of rotatable bonds is 5. The molecule has 2 aromatic carbocycles. The Morgan fingerprint density at radius 2 is 2.04 bits per heavy atom. The minimum atomic E-state index is -0.560. The number of benzene rings is 2. The molecule has 5 heteroatoms. The number of carbonyl (C=O) groups is 1. The molecule has 0 spiro atoms. The van der Waals surface area contributed by atoms with Crippen molar-refractivity contribution in [1.29, 1.82) is 0 Å². The van der Waals surface area contributed by atoms with Crippen molar-refractivity contribution in [2.24, 2.45) is 0 Å². The number of carbonyl (C=O) groups excluding carboxylic acids is 1. The lowest BCUT2D eigenvalue weighted by molar-refractivity contribution is 0.0939. The Morgan fingerprint density at radius 3 is 2.75 bits per heavy atom. The van der Waals surface area contributed by atoms with Gasteiger partial charge in [0.1, 0.15) is 11.3 Å². The van der Waals surface area contributed by atoms with E-state index in [1.165, 1.54) is 25.3 Å². The summed E-state index contributed by atoms with van der Waals surface area (Å²) in [5.41, 5.74) is 1.08. The van der Waals surface area contributed by atoms with Crippen molar-refractivity contribution in [2.45, 2.75) is 19.4 Å². The molecular weight excluding hydrogens is 309 g/mol. The lowest BCUT2D eigenvalue weighted by Gasteiger charge is -2.13. The molecule has 0 aliphatic heterocycles. The summed E-state index contributed by atoms with van der Waals surface area (Å²) in [5, 5.41) is 3.88. The number of furan rings is 1. The quantitative estimate of drug-likeness (QED) is 0.772. The molecule has 3 aromatic rings. The molecule has 1 aromatic heterocycles. The first-order valence-electron chi connectivity index (χ1n) is 7.68. The Balaban J connectivity index is 1.66. The van der Waals surface area contributed by atoms with Gasteiger partial charge in [0.05, 0.1) is 7.11 Å². The van der Waals surface area contributed by atoms with Crippen molar-refractivity contribution < 1.29 is 18.3 Å². The van der Waals surface area contributed by atoms with E-state index < -0.39 is 5.82 Å². The van der Waals surface area contributed by atoms with Crippen LogP contribution in [0.15, 0.2) is 52.9 Å². The van der Waals surface area contributed by atoms with Crippen LogP contribution in [-0.4, -0.2) is 19.1 Å². The predicted molar refractivity (Wildman–Crippen MR) is 89.8 cm³/mol.